The van der Waals surface area contributed by atoms with Gasteiger partial charge in [0.15, 0.2) is 0 Å². The first kappa shape index (κ1) is 58.2. The number of fused-ring (bicyclic) bond motifs is 1. The number of nitriles is 2. The minimum absolute atomic E-state index is 0.126. The number of aliphatic imine (C=N–C) groups is 1. The molecule has 11 aromatic rings. The van der Waals surface area contributed by atoms with E-state index in [0.717, 1.165) is 83.1 Å². The molecule has 0 aliphatic carbocycles. The van der Waals surface area contributed by atoms with E-state index in [1.165, 1.54) is 6.92 Å². The summed E-state index contributed by atoms with van der Waals surface area (Å²) in [7, 11) is -2.97. The summed E-state index contributed by atoms with van der Waals surface area (Å²) in [6.07, 6.45) is 1.24. The zero-order chi connectivity index (χ0) is 61.9. The molecule has 11 nitrogen and oxygen atoms in total. The molecule has 1 aliphatic heterocycles. The number of carbonyl (C=O) groups is 1. The van der Waals surface area contributed by atoms with Crippen LogP contribution >= 0.6 is 0 Å². The van der Waals surface area contributed by atoms with Gasteiger partial charge < -0.3 is 19.0 Å². The van der Waals surface area contributed by atoms with Gasteiger partial charge in [-0.2, -0.15) is 15.3 Å². The standard InChI is InChI=1S/C75H60BF2N9O2/c1-48-44-64(45-49(2)70(48)71(72-50(3)67(46-79)52(5)81-72)75-51(4)68(47-80)53(6)86(75)76(77)78)89-69(88)29-19-20-54-30-36-63(37-31-54)87-82-73-65(55-32-38-61(39-33-55)84(57-21-11-7-12-22-57)58-23-13-8-14-24-58)42-43-66(74(73)83-87)56-34-40-62(41-35-56)85(59-25-15-9-16-26-59)60-27-17-10-18-28-60/h7-18,21-28,30-45H,19-20,29H2,1-6H3/b72-71-. The van der Waals surface area contributed by atoms with E-state index in [4.69, 9.17) is 19.9 Å². The molecule has 14 heteroatoms. The van der Waals surface area contributed by atoms with Crippen molar-refractivity contribution >= 4 is 69.8 Å². The van der Waals surface area contributed by atoms with Gasteiger partial charge in [-0.15, -0.1) is 10.2 Å². The molecule has 0 unspecified atom stereocenters. The van der Waals surface area contributed by atoms with Crippen LogP contribution in [0.4, 0.5) is 42.8 Å². The largest absolute Gasteiger partial charge is 0.677 e. The number of hydrogen-bond acceptors (Lipinski definition) is 9. The zero-order valence-electron chi connectivity index (χ0n) is 50.1. The van der Waals surface area contributed by atoms with E-state index < -0.39 is 13.4 Å². The molecule has 0 spiro atoms. The second kappa shape index (κ2) is 25.0. The Kier molecular flexibility index (Phi) is 16.4. The van der Waals surface area contributed by atoms with Gasteiger partial charge in [0.05, 0.1) is 28.2 Å². The highest BCUT2D eigenvalue weighted by molar-refractivity contribution is 6.42. The van der Waals surface area contributed by atoms with Crippen LogP contribution in [0, 0.1) is 50.4 Å². The third kappa shape index (κ3) is 11.4. The highest BCUT2D eigenvalue weighted by atomic mass is 19.2. The van der Waals surface area contributed by atoms with Crippen molar-refractivity contribution in [3.05, 3.63) is 280 Å². The zero-order valence-corrected chi connectivity index (χ0v) is 50.1. The van der Waals surface area contributed by atoms with E-state index in [-0.39, 0.29) is 23.4 Å². The van der Waals surface area contributed by atoms with Crippen LogP contribution in [0.15, 0.2) is 240 Å². The molecule has 0 saturated carbocycles. The van der Waals surface area contributed by atoms with E-state index in [1.54, 1.807) is 37.7 Å². The Hall–Kier alpha value is -11.2. The van der Waals surface area contributed by atoms with Crippen molar-refractivity contribution in [2.45, 2.75) is 60.8 Å². The number of esters is 1. The third-order valence-electron chi connectivity index (χ3n) is 16.4. The fourth-order valence-corrected chi connectivity index (χ4v) is 12.2. The lowest BCUT2D eigenvalue weighted by molar-refractivity contribution is -0.134. The first-order valence-electron chi connectivity index (χ1n) is 29.4. The second-order valence-electron chi connectivity index (χ2n) is 22.1. The number of allylic oxidation sites excluding steroid dienone is 2. The highest BCUT2D eigenvalue weighted by Gasteiger charge is 2.34. The van der Waals surface area contributed by atoms with Crippen LogP contribution in [-0.4, -0.2) is 38.6 Å². The highest BCUT2D eigenvalue weighted by Crippen LogP contribution is 2.44. The molecule has 0 saturated heterocycles. The predicted octanol–water partition coefficient (Wildman–Crippen LogP) is 18.4. The number of rotatable bonds is 17. The van der Waals surface area contributed by atoms with Crippen LogP contribution in [0.1, 0.15) is 71.5 Å². The van der Waals surface area contributed by atoms with Crippen molar-refractivity contribution in [3.63, 3.8) is 0 Å². The summed E-state index contributed by atoms with van der Waals surface area (Å²) < 4.78 is 36.8. The molecule has 0 amide bonds. The molecule has 0 N–H and O–H groups in total. The maximum atomic E-state index is 15.0. The minimum Gasteiger partial charge on any atom is -0.427 e. The summed E-state index contributed by atoms with van der Waals surface area (Å²) in [6.45, 7) is 10.2. The second-order valence-corrected chi connectivity index (χ2v) is 22.1. The Morgan fingerprint density at radius 2 is 1.02 bits per heavy atom. The molecule has 12 rings (SSSR count). The summed E-state index contributed by atoms with van der Waals surface area (Å²) in [5, 5.41) is 30.6. The number of carbonyl (C=O) groups excluding carboxylic acids is 1. The molecular formula is C75H60BF2N9O2. The van der Waals surface area contributed by atoms with E-state index in [9.17, 15) is 15.3 Å². The number of anilines is 6. The van der Waals surface area contributed by atoms with Gasteiger partial charge in [0.1, 0.15) is 28.9 Å². The first-order valence-corrected chi connectivity index (χ1v) is 29.4. The van der Waals surface area contributed by atoms with Gasteiger partial charge in [-0.25, -0.2) is 0 Å². The topological polar surface area (TPSA) is 128 Å². The van der Waals surface area contributed by atoms with Crippen molar-refractivity contribution in [2.24, 2.45) is 4.99 Å². The van der Waals surface area contributed by atoms with Gasteiger partial charge in [-0.1, -0.05) is 121 Å². The fourth-order valence-electron chi connectivity index (χ4n) is 12.2. The third-order valence-corrected chi connectivity index (χ3v) is 16.4. The lowest BCUT2D eigenvalue weighted by atomic mass is 9.88. The number of ether oxygens (including phenoxy) is 1. The number of aryl methyl sites for hydroxylation is 3. The van der Waals surface area contributed by atoms with Gasteiger partial charge in [0, 0.05) is 68.6 Å². The van der Waals surface area contributed by atoms with Crippen molar-refractivity contribution in [1.29, 1.82) is 10.5 Å². The average Bonchev–Trinajstić information content (AvgIpc) is 1.75. The van der Waals surface area contributed by atoms with Crippen LogP contribution in [0.5, 0.6) is 5.75 Å². The summed E-state index contributed by atoms with van der Waals surface area (Å²) in [6, 6.07) is 78.6. The lowest BCUT2D eigenvalue weighted by Gasteiger charge is -2.25. The van der Waals surface area contributed by atoms with Crippen molar-refractivity contribution in [2.75, 3.05) is 9.80 Å². The Bertz CT molecular complexity index is 4400. The smallest absolute Gasteiger partial charge is 0.427 e. The molecule has 2 aromatic heterocycles. The van der Waals surface area contributed by atoms with E-state index in [2.05, 4.69) is 131 Å². The number of halogens is 2. The molecule has 0 radical (unpaired) electrons. The Labute approximate surface area is 516 Å². The molecule has 89 heavy (non-hydrogen) atoms. The summed E-state index contributed by atoms with van der Waals surface area (Å²) >= 11 is 0. The van der Waals surface area contributed by atoms with Crippen molar-refractivity contribution in [3.8, 4) is 45.8 Å². The van der Waals surface area contributed by atoms with Gasteiger partial charge in [-0.05, 0) is 196 Å². The van der Waals surface area contributed by atoms with E-state index in [0.29, 0.717) is 69.0 Å². The summed E-state index contributed by atoms with van der Waals surface area (Å²) in [4.78, 5) is 24.5. The molecule has 3 heterocycles. The van der Waals surface area contributed by atoms with E-state index >= 15 is 8.63 Å². The Balaban J connectivity index is 0.808. The number of nitrogens with zero attached hydrogens (tertiary/aromatic N) is 9. The van der Waals surface area contributed by atoms with Crippen molar-refractivity contribution in [1.82, 2.24) is 19.5 Å². The van der Waals surface area contributed by atoms with Crippen molar-refractivity contribution < 1.29 is 18.2 Å². The normalized spacial score (nSPS) is 12.6. The SMILES string of the molecule is CC1=N/C(=C(/c2c(C)cc(OC(=O)CCCc3ccc(-n4nc5c(-c6ccc(N(c7ccccc7)c7ccccc7)cc6)ccc(-c6ccc(N(c7ccccc7)c7ccccc7)cc6)c5n4)cc3)cc2C)c2c(C)c(C#N)c(C)n2B(F)F)C(C)=C1C#N. The Morgan fingerprint density at radius 3 is 1.44 bits per heavy atom. The fraction of sp³-hybridized carbons (Fsp3) is 0.120. The van der Waals surface area contributed by atoms with Crippen LogP contribution in [0.25, 0.3) is 44.5 Å². The number of para-hydroxylation sites is 4. The molecule has 0 fully saturated rings. The summed E-state index contributed by atoms with van der Waals surface area (Å²) in [5.41, 5.74) is 18.1. The predicted molar refractivity (Wildman–Crippen MR) is 353 cm³/mol. The van der Waals surface area contributed by atoms with Gasteiger partial charge in [0.2, 0.25) is 0 Å². The number of hydrogen-bond donors (Lipinski definition) is 0. The molecule has 434 valence electrons. The van der Waals surface area contributed by atoms with Gasteiger partial charge in [-0.3, -0.25) is 18.4 Å². The molecule has 0 atom stereocenters. The number of aromatic nitrogens is 4. The minimum atomic E-state index is -2.97. The molecule has 1 aliphatic rings. The van der Waals surface area contributed by atoms with E-state index in [1.807, 2.05) is 111 Å². The van der Waals surface area contributed by atoms with Crippen LogP contribution in [0.2, 0.25) is 0 Å². The van der Waals surface area contributed by atoms with Crippen LogP contribution < -0.4 is 14.5 Å². The lowest BCUT2D eigenvalue weighted by Crippen LogP contribution is -2.19. The van der Waals surface area contributed by atoms with Gasteiger partial charge >= 0.3 is 13.4 Å². The molecule has 0 bridgehead atoms. The average molecular weight is 1170 g/mol. The quantitative estimate of drug-likeness (QED) is 0.0501. The molecule has 9 aromatic carbocycles. The van der Waals surface area contributed by atoms with Crippen LogP contribution in [-0.2, 0) is 11.2 Å². The first-order chi connectivity index (χ1) is 43.3. The maximum absolute atomic E-state index is 15.0. The summed E-state index contributed by atoms with van der Waals surface area (Å²) in [5.74, 6) is -0.113. The monoisotopic (exact) mass is 1170 g/mol. The Morgan fingerprint density at radius 1 is 0.573 bits per heavy atom. The van der Waals surface area contributed by atoms with Crippen LogP contribution in [0.3, 0.4) is 0 Å². The molecular weight excluding hydrogens is 1110 g/mol. The maximum Gasteiger partial charge on any atom is 0.677 e. The number of benzene rings is 9. The van der Waals surface area contributed by atoms with Gasteiger partial charge in [0.25, 0.3) is 0 Å².